The van der Waals surface area contributed by atoms with Gasteiger partial charge in [0.05, 0.1) is 44.8 Å². The predicted octanol–water partition coefficient (Wildman–Crippen LogP) is 22.1. The number of nitrogens with zero attached hydrogens (tertiary/aromatic N) is 6. The smallest absolute Gasteiger partial charge is 0.160 e. The van der Waals surface area contributed by atoms with E-state index in [0.29, 0.717) is 11.6 Å². The molecule has 17 aromatic rings. The van der Waals surface area contributed by atoms with Crippen LogP contribution in [-0.2, 0) is 0 Å². The van der Waals surface area contributed by atoms with E-state index >= 15 is 0 Å². The van der Waals surface area contributed by atoms with E-state index in [2.05, 4.69) is 337 Å². The monoisotopic (exact) mass is 1170 g/mol. The molecule has 0 amide bonds. The van der Waals surface area contributed by atoms with Crippen LogP contribution in [0, 0.1) is 0 Å². The van der Waals surface area contributed by atoms with Gasteiger partial charge in [-0.15, -0.1) is 0 Å². The summed E-state index contributed by atoms with van der Waals surface area (Å²) >= 11 is 0. The van der Waals surface area contributed by atoms with Crippen LogP contribution < -0.4 is 0 Å². The van der Waals surface area contributed by atoms with Gasteiger partial charge in [-0.2, -0.15) is 0 Å². The zero-order valence-corrected chi connectivity index (χ0v) is 50.0. The fraction of sp³-hybridized carbons (Fsp3) is 0. The van der Waals surface area contributed by atoms with Crippen LogP contribution in [-0.4, -0.2) is 29.1 Å². The summed E-state index contributed by atoms with van der Waals surface area (Å²) in [4.78, 5) is 21.0. The molecule has 0 spiro atoms. The molecule has 4 aromatic heterocycles. The summed E-state index contributed by atoms with van der Waals surface area (Å²) in [6.45, 7) is 0. The van der Waals surface area contributed by atoms with Crippen molar-refractivity contribution in [1.82, 2.24) is 29.1 Å². The fourth-order valence-corrected chi connectivity index (χ4v) is 13.1. The molecule has 0 atom stereocenters. The largest absolute Gasteiger partial charge is 0.309 e. The summed E-state index contributed by atoms with van der Waals surface area (Å²) in [6.07, 6.45) is 0. The molecule has 0 N–H and O–H groups in total. The number of fused-ring (bicyclic) bond motifs is 6. The number of benzene rings is 13. The van der Waals surface area contributed by atoms with Crippen molar-refractivity contribution in [2.45, 2.75) is 0 Å². The highest BCUT2D eigenvalue weighted by Crippen LogP contribution is 2.38. The van der Waals surface area contributed by atoms with Gasteiger partial charge in [0.2, 0.25) is 0 Å². The first kappa shape index (κ1) is 53.8. The van der Waals surface area contributed by atoms with Gasteiger partial charge in [-0.25, -0.2) is 19.9 Å². The molecule has 0 saturated carbocycles. The maximum atomic E-state index is 5.30. The van der Waals surface area contributed by atoms with Gasteiger partial charge in [-0.1, -0.05) is 273 Å². The Bertz CT molecular complexity index is 5450. The molecule has 0 aliphatic rings. The number of rotatable bonds is 12. The van der Waals surface area contributed by atoms with Crippen molar-refractivity contribution < 1.29 is 0 Å². The number of hydrogen-bond acceptors (Lipinski definition) is 4. The molecule has 6 heteroatoms. The van der Waals surface area contributed by atoms with Crippen molar-refractivity contribution in [2.75, 3.05) is 0 Å². The highest BCUT2D eigenvalue weighted by Gasteiger charge is 2.18. The van der Waals surface area contributed by atoms with Crippen molar-refractivity contribution in [3.63, 3.8) is 0 Å². The summed E-state index contributed by atoms with van der Waals surface area (Å²) in [5.74, 6) is 1.32. The highest BCUT2D eigenvalue weighted by molar-refractivity contribution is 6.10. The number of hydrogen-bond donors (Lipinski definition) is 0. The quantitative estimate of drug-likeness (QED) is 0.122. The standard InChI is InChI=1S/C86H56N6/c1-3-16-57(17-4-1)58-30-38-65(39-31-58)78-55-79(89-85(88-78)67-42-34-59(35-43-67)61-46-50-71(51-47-61)91-81-26-11-7-22-73(81)74-23-8-12-27-82(74)91)66-40-32-63(33-41-66)69-20-15-21-70(54-69)80-56-77(64-18-5-2-6-19-64)87-86(90-80)68-44-36-60(37-45-68)62-48-52-72(53-49-62)92-83-28-13-9-24-75(83)76-25-10-14-29-84(76)92/h1-56H. The summed E-state index contributed by atoms with van der Waals surface area (Å²) in [7, 11) is 0. The topological polar surface area (TPSA) is 61.4 Å². The van der Waals surface area contributed by atoms with E-state index in [4.69, 9.17) is 19.9 Å². The lowest BCUT2D eigenvalue weighted by atomic mass is 9.98. The molecule has 0 saturated heterocycles. The summed E-state index contributed by atoms with van der Waals surface area (Å²) < 4.78 is 4.71. The van der Waals surface area contributed by atoms with Crippen LogP contribution in [0.15, 0.2) is 340 Å². The van der Waals surface area contributed by atoms with Gasteiger partial charge < -0.3 is 9.13 Å². The van der Waals surface area contributed by atoms with Crippen molar-refractivity contribution in [1.29, 1.82) is 0 Å². The predicted molar refractivity (Wildman–Crippen MR) is 381 cm³/mol. The Morgan fingerprint density at radius 2 is 0.402 bits per heavy atom. The van der Waals surface area contributed by atoms with Crippen LogP contribution in [0.3, 0.4) is 0 Å². The van der Waals surface area contributed by atoms with E-state index in [-0.39, 0.29) is 0 Å². The average Bonchev–Trinajstić information content (AvgIpc) is 1.68. The third-order valence-electron chi connectivity index (χ3n) is 17.8. The molecule has 0 aliphatic carbocycles. The van der Waals surface area contributed by atoms with Gasteiger partial charge in [0.25, 0.3) is 0 Å². The zero-order valence-electron chi connectivity index (χ0n) is 50.0. The maximum Gasteiger partial charge on any atom is 0.160 e. The minimum atomic E-state index is 0.659. The molecule has 430 valence electrons. The van der Waals surface area contributed by atoms with E-state index < -0.39 is 0 Å². The third kappa shape index (κ3) is 9.99. The number of aromatic nitrogens is 6. The van der Waals surface area contributed by atoms with E-state index in [9.17, 15) is 0 Å². The first-order valence-corrected chi connectivity index (χ1v) is 31.2. The first-order chi connectivity index (χ1) is 45.6. The van der Waals surface area contributed by atoms with Gasteiger partial charge in [0.1, 0.15) is 0 Å². The van der Waals surface area contributed by atoms with E-state index in [0.717, 1.165) is 106 Å². The Kier molecular flexibility index (Phi) is 13.4. The number of para-hydroxylation sites is 4. The average molecular weight is 1170 g/mol. The minimum absolute atomic E-state index is 0.659. The van der Waals surface area contributed by atoms with Gasteiger partial charge in [-0.05, 0) is 111 Å². The van der Waals surface area contributed by atoms with Gasteiger partial charge in [-0.3, -0.25) is 0 Å². The summed E-state index contributed by atoms with van der Waals surface area (Å²) in [5, 5.41) is 5.01. The van der Waals surface area contributed by atoms with E-state index in [1.165, 1.54) is 49.2 Å². The van der Waals surface area contributed by atoms with Gasteiger partial charge >= 0.3 is 0 Å². The molecule has 17 rings (SSSR count). The van der Waals surface area contributed by atoms with Gasteiger partial charge in [0.15, 0.2) is 11.6 Å². The van der Waals surface area contributed by atoms with Crippen LogP contribution >= 0.6 is 0 Å². The Morgan fingerprint density at radius 1 is 0.163 bits per heavy atom. The lowest BCUT2D eigenvalue weighted by Gasteiger charge is -2.12. The van der Waals surface area contributed by atoms with Crippen LogP contribution in [0.4, 0.5) is 0 Å². The second-order valence-electron chi connectivity index (χ2n) is 23.4. The zero-order chi connectivity index (χ0) is 60.9. The van der Waals surface area contributed by atoms with E-state index in [1.54, 1.807) is 0 Å². The van der Waals surface area contributed by atoms with E-state index in [1.807, 2.05) is 12.1 Å². The second kappa shape index (κ2) is 23.0. The van der Waals surface area contributed by atoms with Gasteiger partial charge in [0, 0.05) is 66.3 Å². The van der Waals surface area contributed by atoms with Crippen molar-refractivity contribution in [2.24, 2.45) is 0 Å². The van der Waals surface area contributed by atoms with Crippen LogP contribution in [0.2, 0.25) is 0 Å². The lowest BCUT2D eigenvalue weighted by molar-refractivity contribution is 1.18. The molecule has 0 unspecified atom stereocenters. The molecule has 6 nitrogen and oxygen atoms in total. The second-order valence-corrected chi connectivity index (χ2v) is 23.4. The molecule has 0 aliphatic heterocycles. The molecular weight excluding hydrogens is 1120 g/mol. The first-order valence-electron chi connectivity index (χ1n) is 31.2. The Morgan fingerprint density at radius 3 is 0.772 bits per heavy atom. The van der Waals surface area contributed by atoms with Crippen molar-refractivity contribution >= 4 is 43.6 Å². The molecule has 0 fully saturated rings. The Hall–Kier alpha value is -12.4. The van der Waals surface area contributed by atoms with Crippen LogP contribution in [0.25, 0.3) is 167 Å². The maximum absolute atomic E-state index is 5.30. The van der Waals surface area contributed by atoms with Crippen LogP contribution in [0.5, 0.6) is 0 Å². The third-order valence-corrected chi connectivity index (χ3v) is 17.8. The molecule has 0 radical (unpaired) electrons. The van der Waals surface area contributed by atoms with Crippen LogP contribution in [0.1, 0.15) is 0 Å². The van der Waals surface area contributed by atoms with Crippen molar-refractivity contribution in [3.05, 3.63) is 340 Å². The van der Waals surface area contributed by atoms with Crippen molar-refractivity contribution in [3.8, 4) is 124 Å². The summed E-state index contributed by atoms with van der Waals surface area (Å²) in [6, 6.07) is 121. The minimum Gasteiger partial charge on any atom is -0.309 e. The molecule has 4 heterocycles. The highest BCUT2D eigenvalue weighted by atomic mass is 15.0. The fourth-order valence-electron chi connectivity index (χ4n) is 13.1. The summed E-state index contributed by atoms with van der Waals surface area (Å²) in [5.41, 5.74) is 25.3. The Labute approximate surface area is 533 Å². The SMILES string of the molecule is c1ccc(-c2ccc(-c3cc(-c4ccc(-c5cccc(-c6cc(-c7ccccc7)nc(-c7ccc(-c8ccc(-n9c%10ccccc%10c%10ccccc%109)cc8)cc7)n6)c5)cc4)nc(-c4ccc(-c5ccc(-n6c7ccccc7c7ccccc76)cc5)cc4)n3)cc2)cc1. The normalized spacial score (nSPS) is 11.5. The molecule has 13 aromatic carbocycles. The molecule has 92 heavy (non-hydrogen) atoms. The Balaban J connectivity index is 0.665. The molecule has 0 bridgehead atoms. The lowest BCUT2D eigenvalue weighted by Crippen LogP contribution is -1.96. The molecular formula is C86H56N6.